The molecule has 1 heterocycles. The molecule has 0 aliphatic heterocycles. The molecule has 3 aromatic carbocycles. The van der Waals surface area contributed by atoms with E-state index < -0.39 is 5.97 Å². The minimum absolute atomic E-state index is 0.0107. The van der Waals surface area contributed by atoms with Gasteiger partial charge in [0.2, 0.25) is 0 Å². The second kappa shape index (κ2) is 12.5. The second-order valence-electron chi connectivity index (χ2n) is 8.37. The highest BCUT2D eigenvalue weighted by Gasteiger charge is 2.13. The Labute approximate surface area is 213 Å². The summed E-state index contributed by atoms with van der Waals surface area (Å²) in [5.41, 5.74) is 4.11. The summed E-state index contributed by atoms with van der Waals surface area (Å²) in [6, 6.07) is 28.2. The highest BCUT2D eigenvalue weighted by Crippen LogP contribution is 2.27. The van der Waals surface area contributed by atoms with Crippen molar-refractivity contribution in [2.45, 2.75) is 38.4 Å². The number of ether oxygens (including phenoxy) is 2. The van der Waals surface area contributed by atoms with E-state index in [1.807, 2.05) is 66.7 Å². The number of aromatic nitrogens is 1. The van der Waals surface area contributed by atoms with Gasteiger partial charge >= 0.3 is 5.97 Å². The molecule has 1 unspecified atom stereocenters. The van der Waals surface area contributed by atoms with Gasteiger partial charge in [0.1, 0.15) is 12.4 Å². The fourth-order valence-electron chi connectivity index (χ4n) is 3.90. The van der Waals surface area contributed by atoms with Gasteiger partial charge in [-0.25, -0.2) is 4.98 Å². The summed E-state index contributed by atoms with van der Waals surface area (Å²) in [7, 11) is 0. The molecule has 0 bridgehead atoms. The highest BCUT2D eigenvalue weighted by atomic mass is 79.9. The zero-order chi connectivity index (χ0) is 24.5. The molecular weight excluding hydrogens is 506 g/mol. The first-order valence-electron chi connectivity index (χ1n) is 11.7. The molecule has 0 aliphatic rings. The van der Waals surface area contributed by atoms with E-state index in [9.17, 15) is 4.79 Å². The lowest BCUT2D eigenvalue weighted by Gasteiger charge is -2.19. The van der Waals surface area contributed by atoms with Crippen LogP contribution in [0.25, 0.3) is 10.9 Å². The SMILES string of the molecule is O=C(O)CCOC(CCCc1ccc(Br)cc1)c1ccc(OCc2ccc3ccccc3n2)cc1. The van der Waals surface area contributed by atoms with Crippen molar-refractivity contribution in [3.05, 3.63) is 106 Å². The normalized spacial score (nSPS) is 11.9. The van der Waals surface area contributed by atoms with Gasteiger partial charge in [0.05, 0.1) is 30.3 Å². The van der Waals surface area contributed by atoms with E-state index in [-0.39, 0.29) is 19.1 Å². The molecule has 1 aromatic heterocycles. The number of halogens is 1. The van der Waals surface area contributed by atoms with E-state index in [0.717, 1.165) is 51.6 Å². The largest absolute Gasteiger partial charge is 0.487 e. The number of rotatable bonds is 12. The van der Waals surface area contributed by atoms with Crippen LogP contribution in [0.1, 0.15) is 42.2 Å². The quantitative estimate of drug-likeness (QED) is 0.209. The number of hydrogen-bond acceptors (Lipinski definition) is 4. The fraction of sp³-hybridized carbons (Fsp3) is 0.241. The molecule has 0 radical (unpaired) electrons. The van der Waals surface area contributed by atoms with Crippen LogP contribution in [0.5, 0.6) is 5.75 Å². The van der Waals surface area contributed by atoms with Crippen LogP contribution in [0, 0.1) is 0 Å². The number of nitrogens with zero attached hydrogens (tertiary/aromatic N) is 1. The van der Waals surface area contributed by atoms with Crippen molar-refractivity contribution in [3.8, 4) is 5.75 Å². The molecule has 0 amide bonds. The van der Waals surface area contributed by atoms with E-state index in [1.54, 1.807) is 0 Å². The maximum absolute atomic E-state index is 10.9. The lowest BCUT2D eigenvalue weighted by Crippen LogP contribution is -2.09. The lowest BCUT2D eigenvalue weighted by atomic mass is 10.0. The number of para-hydroxylation sites is 1. The number of carbonyl (C=O) groups is 1. The van der Waals surface area contributed by atoms with E-state index in [1.165, 1.54) is 5.56 Å². The Morgan fingerprint density at radius 2 is 1.71 bits per heavy atom. The summed E-state index contributed by atoms with van der Waals surface area (Å²) >= 11 is 3.47. The van der Waals surface area contributed by atoms with Gasteiger partial charge in [0.25, 0.3) is 0 Å². The van der Waals surface area contributed by atoms with Crippen LogP contribution >= 0.6 is 15.9 Å². The maximum atomic E-state index is 10.9. The van der Waals surface area contributed by atoms with Gasteiger partial charge in [-0.2, -0.15) is 0 Å². The van der Waals surface area contributed by atoms with E-state index in [0.29, 0.717) is 6.61 Å². The second-order valence-corrected chi connectivity index (χ2v) is 9.29. The number of carboxylic acids is 1. The first-order valence-corrected chi connectivity index (χ1v) is 12.5. The molecule has 0 fully saturated rings. The van der Waals surface area contributed by atoms with Gasteiger partial charge in [-0.3, -0.25) is 4.79 Å². The van der Waals surface area contributed by atoms with E-state index >= 15 is 0 Å². The molecular formula is C29H28BrNO4. The molecule has 35 heavy (non-hydrogen) atoms. The van der Waals surface area contributed by atoms with Crippen LogP contribution in [0.3, 0.4) is 0 Å². The third-order valence-electron chi connectivity index (χ3n) is 5.77. The fourth-order valence-corrected chi connectivity index (χ4v) is 4.17. The molecule has 4 aromatic rings. The lowest BCUT2D eigenvalue weighted by molar-refractivity contribution is -0.138. The van der Waals surface area contributed by atoms with Crippen molar-refractivity contribution in [2.75, 3.05) is 6.61 Å². The topological polar surface area (TPSA) is 68.7 Å². The number of carboxylic acid groups (broad SMARTS) is 1. The van der Waals surface area contributed by atoms with Gasteiger partial charge in [-0.1, -0.05) is 64.5 Å². The molecule has 5 nitrogen and oxygen atoms in total. The van der Waals surface area contributed by atoms with Crippen LogP contribution in [-0.4, -0.2) is 22.7 Å². The summed E-state index contributed by atoms with van der Waals surface area (Å²) in [4.78, 5) is 15.6. The Bertz CT molecular complexity index is 1240. The highest BCUT2D eigenvalue weighted by molar-refractivity contribution is 9.10. The molecule has 0 aliphatic carbocycles. The molecule has 4 rings (SSSR count). The number of aliphatic carboxylic acids is 1. The summed E-state index contributed by atoms with van der Waals surface area (Å²) in [6.45, 7) is 0.570. The van der Waals surface area contributed by atoms with Gasteiger partial charge in [0, 0.05) is 9.86 Å². The van der Waals surface area contributed by atoms with Crippen LogP contribution in [0.2, 0.25) is 0 Å². The molecule has 0 spiro atoms. The van der Waals surface area contributed by atoms with E-state index in [2.05, 4.69) is 39.1 Å². The van der Waals surface area contributed by atoms with Crippen LogP contribution in [0.15, 0.2) is 89.4 Å². The van der Waals surface area contributed by atoms with Crippen LogP contribution in [0.4, 0.5) is 0 Å². The summed E-state index contributed by atoms with van der Waals surface area (Å²) < 4.78 is 13.0. The summed E-state index contributed by atoms with van der Waals surface area (Å²) in [6.07, 6.45) is 2.50. The number of aryl methyl sites for hydroxylation is 1. The smallest absolute Gasteiger partial charge is 0.305 e. The Morgan fingerprint density at radius 1 is 0.943 bits per heavy atom. The van der Waals surface area contributed by atoms with Gasteiger partial charge in [-0.15, -0.1) is 0 Å². The summed E-state index contributed by atoms with van der Waals surface area (Å²) in [5.74, 6) is -0.104. The number of pyridine rings is 1. The van der Waals surface area contributed by atoms with Crippen molar-refractivity contribution >= 4 is 32.8 Å². The first-order chi connectivity index (χ1) is 17.1. The first kappa shape index (κ1) is 24.9. The van der Waals surface area contributed by atoms with Crippen LogP contribution in [-0.2, 0) is 22.6 Å². The van der Waals surface area contributed by atoms with Crippen molar-refractivity contribution in [2.24, 2.45) is 0 Å². The average molecular weight is 534 g/mol. The summed E-state index contributed by atoms with van der Waals surface area (Å²) in [5, 5.41) is 10.1. The Hall–Kier alpha value is -3.22. The Morgan fingerprint density at radius 3 is 2.49 bits per heavy atom. The molecule has 6 heteroatoms. The predicted octanol–water partition coefficient (Wildman–Crippen LogP) is 7.13. The maximum Gasteiger partial charge on any atom is 0.305 e. The number of fused-ring (bicyclic) bond motifs is 1. The third kappa shape index (κ3) is 7.64. The molecule has 180 valence electrons. The van der Waals surface area contributed by atoms with Crippen LogP contribution < -0.4 is 4.74 Å². The monoisotopic (exact) mass is 533 g/mol. The van der Waals surface area contributed by atoms with Crippen molar-refractivity contribution < 1.29 is 19.4 Å². The van der Waals surface area contributed by atoms with Crippen molar-refractivity contribution in [3.63, 3.8) is 0 Å². The molecule has 1 atom stereocenters. The standard InChI is InChI=1S/C29H28BrNO4/c30-24-13-8-21(9-14-24)4-3-7-28(34-19-18-29(32)33)23-11-16-26(17-12-23)35-20-25-15-10-22-5-1-2-6-27(22)31-25/h1-2,5-6,8-17,28H,3-4,7,18-20H2,(H,32,33). The van der Waals surface area contributed by atoms with Gasteiger partial charge in [-0.05, 0) is 66.8 Å². The number of benzene rings is 3. The van der Waals surface area contributed by atoms with Gasteiger partial charge < -0.3 is 14.6 Å². The van der Waals surface area contributed by atoms with Crippen molar-refractivity contribution in [1.29, 1.82) is 0 Å². The van der Waals surface area contributed by atoms with Gasteiger partial charge in [0.15, 0.2) is 0 Å². The zero-order valence-electron chi connectivity index (χ0n) is 19.4. The molecule has 0 saturated heterocycles. The minimum atomic E-state index is -0.857. The average Bonchev–Trinajstić information content (AvgIpc) is 2.88. The van der Waals surface area contributed by atoms with Crippen molar-refractivity contribution in [1.82, 2.24) is 4.98 Å². The Kier molecular flexibility index (Phi) is 8.87. The zero-order valence-corrected chi connectivity index (χ0v) is 21.0. The molecule has 1 N–H and O–H groups in total. The minimum Gasteiger partial charge on any atom is -0.487 e. The Balaban J connectivity index is 1.35. The molecule has 0 saturated carbocycles. The predicted molar refractivity (Wildman–Crippen MR) is 141 cm³/mol. The third-order valence-corrected chi connectivity index (χ3v) is 6.30. The van der Waals surface area contributed by atoms with E-state index in [4.69, 9.17) is 14.6 Å². The number of hydrogen-bond donors (Lipinski definition) is 1.